The third-order valence-electron chi connectivity index (χ3n) is 3.86. The van der Waals surface area contributed by atoms with E-state index in [9.17, 15) is 4.79 Å². The monoisotopic (exact) mass is 324 g/mol. The molecule has 2 atom stereocenters. The van der Waals surface area contributed by atoms with Gasteiger partial charge in [0.05, 0.1) is 17.1 Å². The fourth-order valence-electron chi connectivity index (χ4n) is 2.66. The van der Waals surface area contributed by atoms with Crippen molar-refractivity contribution in [2.45, 2.75) is 52.0 Å². The summed E-state index contributed by atoms with van der Waals surface area (Å²) in [4.78, 5) is 21.2. The molecular weight excluding hydrogens is 300 g/mol. The summed E-state index contributed by atoms with van der Waals surface area (Å²) in [5.74, 6) is 0.711. The van der Waals surface area contributed by atoms with Crippen LogP contribution in [0.1, 0.15) is 43.3 Å². The van der Waals surface area contributed by atoms with E-state index >= 15 is 0 Å². The molecule has 1 heterocycles. The Labute approximate surface area is 135 Å². The molecule has 1 aliphatic carbocycles. The predicted octanol–water partition coefficient (Wildman–Crippen LogP) is 1.98. The van der Waals surface area contributed by atoms with E-state index in [2.05, 4.69) is 22.4 Å². The molecule has 122 valence electrons. The highest BCUT2D eigenvalue weighted by molar-refractivity contribution is 7.09. The number of nitrogens with one attached hydrogen (secondary N) is 1. The summed E-state index contributed by atoms with van der Waals surface area (Å²) >= 11 is 1.57. The minimum Gasteiger partial charge on any atom is -0.384 e. The molecule has 3 N–H and O–H groups in total. The number of oxime groups is 1. The molecule has 7 heteroatoms. The molecule has 0 radical (unpaired) electrons. The molecule has 1 saturated carbocycles. The Morgan fingerprint density at radius 3 is 3.00 bits per heavy atom. The van der Waals surface area contributed by atoms with Gasteiger partial charge >= 0.3 is 0 Å². The summed E-state index contributed by atoms with van der Waals surface area (Å²) in [6.45, 7) is 4.02. The molecule has 1 aromatic heterocycles. The van der Waals surface area contributed by atoms with Crippen LogP contribution in [-0.4, -0.2) is 29.4 Å². The summed E-state index contributed by atoms with van der Waals surface area (Å²) in [6, 6.07) is 0.254. The van der Waals surface area contributed by atoms with Crippen LogP contribution >= 0.6 is 11.3 Å². The first-order valence-corrected chi connectivity index (χ1v) is 8.57. The van der Waals surface area contributed by atoms with Crippen molar-refractivity contribution in [3.8, 4) is 0 Å². The Morgan fingerprint density at radius 2 is 2.32 bits per heavy atom. The van der Waals surface area contributed by atoms with Gasteiger partial charge in [-0.3, -0.25) is 4.79 Å². The van der Waals surface area contributed by atoms with Crippen LogP contribution in [0.5, 0.6) is 0 Å². The second-order valence-corrected chi connectivity index (χ2v) is 6.89. The largest absolute Gasteiger partial charge is 0.384 e. The van der Waals surface area contributed by atoms with E-state index in [1.165, 1.54) is 19.3 Å². The van der Waals surface area contributed by atoms with Gasteiger partial charge in [0.15, 0.2) is 6.61 Å². The maximum atomic E-state index is 11.8. The van der Waals surface area contributed by atoms with Crippen LogP contribution in [0.2, 0.25) is 0 Å². The number of rotatable bonds is 6. The van der Waals surface area contributed by atoms with Crippen LogP contribution in [0.4, 0.5) is 0 Å². The first-order valence-electron chi connectivity index (χ1n) is 7.69. The van der Waals surface area contributed by atoms with Gasteiger partial charge in [-0.25, -0.2) is 4.98 Å². The lowest BCUT2D eigenvalue weighted by molar-refractivity contribution is -0.126. The first kappa shape index (κ1) is 16.7. The summed E-state index contributed by atoms with van der Waals surface area (Å²) in [7, 11) is 0. The Balaban J connectivity index is 1.70. The van der Waals surface area contributed by atoms with Crippen molar-refractivity contribution in [1.82, 2.24) is 10.3 Å². The van der Waals surface area contributed by atoms with Gasteiger partial charge in [-0.05, 0) is 25.7 Å². The van der Waals surface area contributed by atoms with E-state index in [0.717, 1.165) is 17.1 Å². The van der Waals surface area contributed by atoms with Gasteiger partial charge in [-0.2, -0.15) is 0 Å². The van der Waals surface area contributed by atoms with Gasteiger partial charge in [0.1, 0.15) is 5.84 Å². The number of aromatic nitrogens is 1. The average molecular weight is 324 g/mol. The number of nitrogens with two attached hydrogens (primary N) is 1. The van der Waals surface area contributed by atoms with Crippen molar-refractivity contribution in [2.75, 3.05) is 6.61 Å². The van der Waals surface area contributed by atoms with Gasteiger partial charge in [-0.1, -0.05) is 24.9 Å². The number of aryl methyl sites for hydroxylation is 1. The number of thiazole rings is 1. The topological polar surface area (TPSA) is 89.6 Å². The molecule has 0 saturated heterocycles. The first-order chi connectivity index (χ1) is 10.5. The minimum atomic E-state index is -0.139. The fourth-order valence-corrected chi connectivity index (χ4v) is 3.27. The molecule has 2 rings (SSSR count). The van der Waals surface area contributed by atoms with E-state index < -0.39 is 0 Å². The molecule has 0 bridgehead atoms. The number of amides is 1. The third kappa shape index (κ3) is 5.29. The molecule has 1 aliphatic rings. The van der Waals surface area contributed by atoms with Gasteiger partial charge in [0.25, 0.3) is 5.91 Å². The zero-order valence-electron chi connectivity index (χ0n) is 13.2. The van der Waals surface area contributed by atoms with Crippen LogP contribution in [0.3, 0.4) is 0 Å². The van der Waals surface area contributed by atoms with Crippen molar-refractivity contribution >= 4 is 23.1 Å². The molecular formula is C15H24N4O2S. The lowest BCUT2D eigenvalue weighted by Gasteiger charge is -2.29. The normalized spacial score (nSPS) is 22.4. The van der Waals surface area contributed by atoms with Gasteiger partial charge in [0, 0.05) is 11.4 Å². The van der Waals surface area contributed by atoms with Crippen molar-refractivity contribution in [2.24, 2.45) is 16.8 Å². The summed E-state index contributed by atoms with van der Waals surface area (Å²) in [5, 5.41) is 9.72. The van der Waals surface area contributed by atoms with E-state index in [4.69, 9.17) is 10.6 Å². The van der Waals surface area contributed by atoms with Gasteiger partial charge in [0.2, 0.25) is 0 Å². The van der Waals surface area contributed by atoms with Crippen LogP contribution in [0.25, 0.3) is 0 Å². The highest BCUT2D eigenvalue weighted by atomic mass is 32.1. The third-order valence-corrected chi connectivity index (χ3v) is 4.69. The van der Waals surface area contributed by atoms with E-state index in [1.807, 2.05) is 12.3 Å². The fraction of sp³-hybridized carbons (Fsp3) is 0.667. The predicted molar refractivity (Wildman–Crippen MR) is 87.7 cm³/mol. The van der Waals surface area contributed by atoms with Gasteiger partial charge in [-0.15, -0.1) is 11.3 Å². The second-order valence-electron chi connectivity index (χ2n) is 5.83. The minimum absolute atomic E-state index is 0.0972. The SMILES string of the molecule is Cc1nc(CC(N)=NOCC(=O)NC2CCCCC2C)cs1. The maximum absolute atomic E-state index is 11.8. The van der Waals surface area contributed by atoms with Crippen molar-refractivity contribution in [3.63, 3.8) is 0 Å². The molecule has 22 heavy (non-hydrogen) atoms. The Hall–Kier alpha value is -1.63. The molecule has 1 fully saturated rings. The highest BCUT2D eigenvalue weighted by Gasteiger charge is 2.22. The summed E-state index contributed by atoms with van der Waals surface area (Å²) in [6.07, 6.45) is 5.08. The Bertz CT molecular complexity index is 529. The molecule has 1 aromatic rings. The van der Waals surface area contributed by atoms with E-state index in [1.54, 1.807) is 11.3 Å². The number of carbonyl (C=O) groups excluding carboxylic acids is 1. The summed E-state index contributed by atoms with van der Waals surface area (Å²) < 4.78 is 0. The number of hydrogen-bond donors (Lipinski definition) is 2. The molecule has 0 aliphatic heterocycles. The van der Waals surface area contributed by atoms with Crippen LogP contribution in [0.15, 0.2) is 10.5 Å². The zero-order valence-corrected chi connectivity index (χ0v) is 14.0. The molecule has 6 nitrogen and oxygen atoms in total. The average Bonchev–Trinajstić information content (AvgIpc) is 2.86. The van der Waals surface area contributed by atoms with Crippen molar-refractivity contribution in [1.29, 1.82) is 0 Å². The lowest BCUT2D eigenvalue weighted by atomic mass is 9.86. The lowest BCUT2D eigenvalue weighted by Crippen LogP contribution is -2.42. The molecule has 0 spiro atoms. The Kier molecular flexibility index (Phi) is 6.18. The quantitative estimate of drug-likeness (QED) is 0.476. The molecule has 2 unspecified atom stereocenters. The smallest absolute Gasteiger partial charge is 0.261 e. The number of amidine groups is 1. The van der Waals surface area contributed by atoms with Crippen molar-refractivity contribution < 1.29 is 9.63 Å². The number of carbonyl (C=O) groups is 1. The van der Waals surface area contributed by atoms with Crippen LogP contribution in [-0.2, 0) is 16.1 Å². The second kappa shape index (κ2) is 8.12. The standard InChI is InChI=1S/C15H24N4O2S/c1-10-5-3-4-6-13(10)18-15(20)8-21-19-14(16)7-12-9-22-11(2)17-12/h9-10,13H,3-8H2,1-2H3,(H2,16,19)(H,18,20). The number of nitrogens with zero attached hydrogens (tertiary/aromatic N) is 2. The summed E-state index contributed by atoms with van der Waals surface area (Å²) in [5.41, 5.74) is 6.63. The Morgan fingerprint density at radius 1 is 1.55 bits per heavy atom. The van der Waals surface area contributed by atoms with E-state index in [-0.39, 0.29) is 18.6 Å². The van der Waals surface area contributed by atoms with Crippen molar-refractivity contribution in [3.05, 3.63) is 16.1 Å². The molecule has 0 aromatic carbocycles. The van der Waals surface area contributed by atoms with Gasteiger partial charge < -0.3 is 15.9 Å². The molecule has 1 amide bonds. The van der Waals surface area contributed by atoms with Crippen LogP contribution in [0, 0.1) is 12.8 Å². The maximum Gasteiger partial charge on any atom is 0.261 e. The van der Waals surface area contributed by atoms with E-state index in [0.29, 0.717) is 18.2 Å². The number of hydrogen-bond acceptors (Lipinski definition) is 5. The zero-order chi connectivity index (χ0) is 15.9. The highest BCUT2D eigenvalue weighted by Crippen LogP contribution is 2.23. The van der Waals surface area contributed by atoms with Crippen LogP contribution < -0.4 is 11.1 Å².